The molecule has 0 nitrogen and oxygen atoms in total. The molecule has 0 radical (unpaired) electrons. The average Bonchev–Trinajstić information content (AvgIpc) is 2.71. The first-order valence-corrected chi connectivity index (χ1v) is 9.72. The Bertz CT molecular complexity index is 531. The fourth-order valence-electron chi connectivity index (χ4n) is 3.02. The molecule has 0 N–H and O–H groups in total. The van der Waals surface area contributed by atoms with Gasteiger partial charge in [-0.15, -0.1) is 0 Å². The van der Waals surface area contributed by atoms with Gasteiger partial charge in [0.2, 0.25) is 0 Å². The van der Waals surface area contributed by atoms with Gasteiger partial charge in [0.1, 0.15) is 5.82 Å². The summed E-state index contributed by atoms with van der Waals surface area (Å²) in [5, 5.41) is 0. The van der Waals surface area contributed by atoms with Gasteiger partial charge in [-0.2, -0.15) is 19.3 Å². The number of hydrogen-bond donors (Lipinski definition) is 0. The molecule has 0 saturated carbocycles. The van der Waals surface area contributed by atoms with E-state index in [0.717, 1.165) is 12.8 Å². The summed E-state index contributed by atoms with van der Waals surface area (Å²) in [5.41, 5.74) is 0.0588. The SMILES string of the molecule is C=Ic1ccc2c(c1F)C(F)(F)C(C([CH2-])CCC[CH-]C)C2.[U+2]. The maximum absolute atomic E-state index is 14.6. The van der Waals surface area contributed by atoms with E-state index in [0.29, 0.717) is 15.6 Å². The Balaban J connectivity index is 0.00000242. The number of fused-ring (bicyclic) bond motifs is 1. The monoisotopic (exact) mass is 646 g/mol. The molecule has 2 unspecified atom stereocenters. The van der Waals surface area contributed by atoms with Crippen LogP contribution in [0.3, 0.4) is 0 Å². The second-order valence-corrected chi connectivity index (χ2v) is 7.49. The third kappa shape index (κ3) is 4.00. The summed E-state index contributed by atoms with van der Waals surface area (Å²) in [4.78, 5) is 0. The first kappa shape index (κ1) is 20.7. The molecular weight excluding hydrogens is 626 g/mol. The van der Waals surface area contributed by atoms with Crippen LogP contribution in [-0.2, 0) is 12.3 Å². The Morgan fingerprint density at radius 1 is 1.50 bits per heavy atom. The van der Waals surface area contributed by atoms with Crippen molar-refractivity contribution in [1.82, 2.24) is 0 Å². The van der Waals surface area contributed by atoms with Gasteiger partial charge in [-0.05, 0) is 18.1 Å². The largest absolute Gasteiger partial charge is 2.00 e. The van der Waals surface area contributed by atoms with E-state index in [1.807, 2.05) is 13.3 Å². The smallest absolute Gasteiger partial charge is 0.340 e. The van der Waals surface area contributed by atoms with E-state index in [2.05, 4.69) is 11.4 Å². The van der Waals surface area contributed by atoms with Crippen molar-refractivity contribution >= 4 is 25.2 Å². The minimum Gasteiger partial charge on any atom is -0.340 e. The molecule has 0 bridgehead atoms. The number of halogens is 4. The van der Waals surface area contributed by atoms with Crippen molar-refractivity contribution in [1.29, 1.82) is 0 Å². The van der Waals surface area contributed by atoms with Crippen molar-refractivity contribution in [2.75, 3.05) is 0 Å². The van der Waals surface area contributed by atoms with Gasteiger partial charge in [-0.3, -0.25) is 0 Å². The predicted molar refractivity (Wildman–Crippen MR) is 90.0 cm³/mol. The standard InChI is InChI=1S/C17H20F3I.U/c1-4-5-6-7-11(2)13-10-12-8-9-14(21-3)16(18)15(12)17(13,19)20;/h4,8-9,11,13H,2-3,5-7,10H2,1H3;/q-2;+2. The Hall–Kier alpha value is 0.662. The maximum atomic E-state index is 14.6. The van der Waals surface area contributed by atoms with Crippen LogP contribution in [0.25, 0.3) is 0 Å². The van der Waals surface area contributed by atoms with Crippen LogP contribution in [0.1, 0.15) is 37.3 Å². The third-order valence-corrected chi connectivity index (χ3v) is 5.86. The number of rotatable bonds is 6. The molecule has 0 spiro atoms. The summed E-state index contributed by atoms with van der Waals surface area (Å²) in [5.74, 6) is -5.09. The number of alkyl halides is 2. The first-order chi connectivity index (χ1) is 9.93. The molecule has 0 aromatic heterocycles. The van der Waals surface area contributed by atoms with Gasteiger partial charge in [-0.25, -0.2) is 13.2 Å². The van der Waals surface area contributed by atoms with Crippen LogP contribution in [0.4, 0.5) is 13.2 Å². The molecule has 0 saturated heterocycles. The van der Waals surface area contributed by atoms with E-state index in [9.17, 15) is 13.2 Å². The van der Waals surface area contributed by atoms with Crippen molar-refractivity contribution in [3.8, 4) is 0 Å². The molecule has 1 aromatic carbocycles. The second-order valence-electron chi connectivity index (χ2n) is 5.56. The summed E-state index contributed by atoms with van der Waals surface area (Å²) < 4.78 is 47.7. The molecule has 5 heteroatoms. The minimum atomic E-state index is -3.11. The summed E-state index contributed by atoms with van der Waals surface area (Å²) in [6.45, 7) is 5.88. The van der Waals surface area contributed by atoms with Gasteiger partial charge in [-0.1, -0.05) is 44.2 Å². The van der Waals surface area contributed by atoms with Crippen LogP contribution in [0.15, 0.2) is 12.1 Å². The van der Waals surface area contributed by atoms with Crippen molar-refractivity contribution < 1.29 is 44.3 Å². The Morgan fingerprint density at radius 2 is 2.18 bits per heavy atom. The van der Waals surface area contributed by atoms with Gasteiger partial charge < -0.3 is 13.3 Å². The molecule has 1 aromatic rings. The zero-order chi connectivity index (χ0) is 15.6. The van der Waals surface area contributed by atoms with Crippen LogP contribution in [0.5, 0.6) is 0 Å². The van der Waals surface area contributed by atoms with E-state index in [4.69, 9.17) is 0 Å². The Morgan fingerprint density at radius 3 is 2.77 bits per heavy atom. The summed E-state index contributed by atoms with van der Waals surface area (Å²) in [6.07, 6.45) is 4.65. The van der Waals surface area contributed by atoms with E-state index in [1.54, 1.807) is 12.1 Å². The van der Waals surface area contributed by atoms with Crippen LogP contribution in [0.2, 0.25) is 0 Å². The quantitative estimate of drug-likeness (QED) is 0.218. The van der Waals surface area contributed by atoms with Crippen LogP contribution in [-0.4, -0.2) is 4.51 Å². The van der Waals surface area contributed by atoms with Gasteiger partial charge in [0.15, 0.2) is 0 Å². The molecule has 0 heterocycles. The third-order valence-electron chi connectivity index (χ3n) is 4.20. The molecule has 0 amide bonds. The van der Waals surface area contributed by atoms with Crippen molar-refractivity contribution in [3.05, 3.63) is 46.0 Å². The van der Waals surface area contributed by atoms with Gasteiger partial charge >= 0.3 is 31.1 Å². The minimum absolute atomic E-state index is 0. The van der Waals surface area contributed by atoms with Crippen LogP contribution in [0, 0.1) is 65.7 Å². The molecule has 22 heavy (non-hydrogen) atoms. The number of unbranched alkanes of at least 4 members (excludes halogenated alkanes) is 2. The second kappa shape index (κ2) is 8.67. The molecule has 120 valence electrons. The fourth-order valence-corrected chi connectivity index (χ4v) is 4.06. The molecule has 2 atom stereocenters. The molecule has 0 aliphatic heterocycles. The fraction of sp³-hybridized carbons (Fsp3) is 0.471. The molecule has 2 rings (SSSR count). The molecule has 0 fully saturated rings. The van der Waals surface area contributed by atoms with E-state index in [1.165, 1.54) is 0 Å². The Labute approximate surface area is 164 Å². The van der Waals surface area contributed by atoms with Gasteiger partial charge in [0.05, 0.1) is 5.56 Å². The predicted octanol–water partition coefficient (Wildman–Crippen LogP) is 5.51. The summed E-state index contributed by atoms with van der Waals surface area (Å²) in [6, 6.07) is 3.27. The zero-order valence-corrected chi connectivity index (χ0v) is 19.0. The topological polar surface area (TPSA) is 0 Å². The van der Waals surface area contributed by atoms with E-state index in [-0.39, 0.29) is 49.0 Å². The number of benzene rings is 1. The zero-order valence-electron chi connectivity index (χ0n) is 12.6. The Kier molecular flexibility index (Phi) is 8.16. The molecule has 1 aliphatic rings. The van der Waals surface area contributed by atoms with Crippen molar-refractivity contribution in [3.63, 3.8) is 0 Å². The van der Waals surface area contributed by atoms with E-state index < -0.39 is 38.4 Å². The van der Waals surface area contributed by atoms with Crippen molar-refractivity contribution in [2.24, 2.45) is 11.8 Å². The normalized spacial score (nSPS) is 20.3. The summed E-state index contributed by atoms with van der Waals surface area (Å²) >= 11 is -0.783. The van der Waals surface area contributed by atoms with Crippen LogP contribution >= 0.6 is 20.7 Å². The summed E-state index contributed by atoms with van der Waals surface area (Å²) in [7, 11) is 0. The molecule has 1 aliphatic carbocycles. The van der Waals surface area contributed by atoms with Crippen LogP contribution < -0.4 is 0 Å². The van der Waals surface area contributed by atoms with Gasteiger partial charge in [0.25, 0.3) is 5.92 Å². The van der Waals surface area contributed by atoms with Crippen molar-refractivity contribution in [2.45, 2.75) is 38.5 Å². The van der Waals surface area contributed by atoms with Gasteiger partial charge in [0, 0.05) is 9.49 Å². The first-order valence-electron chi connectivity index (χ1n) is 7.12. The number of hydrogen-bond acceptors (Lipinski definition) is 0. The maximum Gasteiger partial charge on any atom is 2.00 e. The average molecular weight is 646 g/mol. The molecular formula is C17H20F3IU. The van der Waals surface area contributed by atoms with E-state index >= 15 is 0 Å².